The maximum absolute atomic E-state index is 12.6. The number of carbonyl (C=O) groups excluding carboxylic acids is 2. The fraction of sp³-hybridized carbons (Fsp3) is 0.333. The zero-order chi connectivity index (χ0) is 20.1. The first kappa shape index (κ1) is 20.5. The summed E-state index contributed by atoms with van der Waals surface area (Å²) in [6.45, 7) is 3.10. The largest absolute Gasteiger partial charge is 0.349 e. The van der Waals surface area contributed by atoms with Crippen LogP contribution >= 0.6 is 23.2 Å². The third-order valence-electron chi connectivity index (χ3n) is 4.94. The number of urea groups is 1. The van der Waals surface area contributed by atoms with E-state index in [0.29, 0.717) is 28.7 Å². The number of halogens is 2. The van der Waals surface area contributed by atoms with Gasteiger partial charge in [-0.1, -0.05) is 47.5 Å². The fourth-order valence-corrected chi connectivity index (χ4v) is 3.53. The number of carbonyl (C=O) groups is 2. The van der Waals surface area contributed by atoms with Gasteiger partial charge in [0.1, 0.15) is 0 Å². The maximum Gasteiger partial charge on any atom is 0.317 e. The van der Waals surface area contributed by atoms with Crippen LogP contribution in [0.5, 0.6) is 0 Å². The second-order valence-electron chi connectivity index (χ2n) is 6.95. The predicted molar refractivity (Wildman–Crippen MR) is 112 cm³/mol. The molecule has 1 fully saturated rings. The summed E-state index contributed by atoms with van der Waals surface area (Å²) in [4.78, 5) is 26.6. The monoisotopic (exact) mass is 419 g/mol. The van der Waals surface area contributed by atoms with Crippen molar-refractivity contribution >= 4 is 35.1 Å². The van der Waals surface area contributed by atoms with Gasteiger partial charge in [-0.3, -0.25) is 4.79 Å². The topological polar surface area (TPSA) is 61.4 Å². The second kappa shape index (κ2) is 9.30. The number of nitrogens with zero attached hydrogens (tertiary/aromatic N) is 1. The molecule has 5 nitrogen and oxygen atoms in total. The van der Waals surface area contributed by atoms with Gasteiger partial charge in [0.25, 0.3) is 5.91 Å². The van der Waals surface area contributed by atoms with Crippen LogP contribution in [0.4, 0.5) is 4.79 Å². The summed E-state index contributed by atoms with van der Waals surface area (Å²) >= 11 is 12.0. The molecule has 1 saturated heterocycles. The van der Waals surface area contributed by atoms with Gasteiger partial charge in [0.2, 0.25) is 0 Å². The number of rotatable bonds is 4. The molecule has 0 saturated carbocycles. The molecule has 28 heavy (non-hydrogen) atoms. The molecule has 1 aliphatic heterocycles. The molecule has 2 aromatic carbocycles. The van der Waals surface area contributed by atoms with Crippen molar-refractivity contribution in [3.05, 3.63) is 69.7 Å². The number of likely N-dealkylation sites (tertiary alicyclic amines) is 1. The summed E-state index contributed by atoms with van der Waals surface area (Å²) in [6.07, 6.45) is 1.46. The molecular weight excluding hydrogens is 397 g/mol. The number of amides is 3. The second-order valence-corrected chi connectivity index (χ2v) is 7.76. The SMILES string of the molecule is C[C@@H](NC(=O)N1CCC(NC(=O)c2ccccc2)CC1)c1ccc(Cl)c(Cl)c1. The van der Waals surface area contributed by atoms with E-state index >= 15 is 0 Å². The molecule has 1 atom stereocenters. The van der Waals surface area contributed by atoms with Gasteiger partial charge in [-0.15, -0.1) is 0 Å². The van der Waals surface area contributed by atoms with E-state index < -0.39 is 0 Å². The van der Waals surface area contributed by atoms with Crippen LogP contribution in [0.15, 0.2) is 48.5 Å². The molecule has 7 heteroatoms. The average Bonchev–Trinajstić information content (AvgIpc) is 2.71. The normalized spacial score (nSPS) is 15.8. The van der Waals surface area contributed by atoms with Crippen molar-refractivity contribution in [2.24, 2.45) is 0 Å². The fourth-order valence-electron chi connectivity index (χ4n) is 3.23. The van der Waals surface area contributed by atoms with Crippen LogP contribution in [0, 0.1) is 0 Å². The van der Waals surface area contributed by atoms with Gasteiger partial charge in [-0.25, -0.2) is 4.79 Å². The molecule has 2 aromatic rings. The van der Waals surface area contributed by atoms with E-state index in [4.69, 9.17) is 23.2 Å². The van der Waals surface area contributed by atoms with E-state index in [1.165, 1.54) is 0 Å². The van der Waals surface area contributed by atoms with Gasteiger partial charge in [-0.05, 0) is 49.6 Å². The Balaban J connectivity index is 1.48. The molecule has 0 bridgehead atoms. The first-order valence-electron chi connectivity index (χ1n) is 9.30. The molecule has 0 aromatic heterocycles. The highest BCUT2D eigenvalue weighted by Crippen LogP contribution is 2.25. The van der Waals surface area contributed by atoms with Gasteiger partial charge in [-0.2, -0.15) is 0 Å². The molecule has 1 heterocycles. The van der Waals surface area contributed by atoms with E-state index in [1.54, 1.807) is 29.2 Å². The third-order valence-corrected chi connectivity index (χ3v) is 5.68. The Morgan fingerprint density at radius 1 is 1.04 bits per heavy atom. The first-order valence-corrected chi connectivity index (χ1v) is 10.1. The minimum atomic E-state index is -0.183. The molecule has 0 aliphatic carbocycles. The van der Waals surface area contributed by atoms with Crippen molar-refractivity contribution in [1.82, 2.24) is 15.5 Å². The summed E-state index contributed by atoms with van der Waals surface area (Å²) in [6, 6.07) is 14.3. The number of piperidine rings is 1. The van der Waals surface area contributed by atoms with Crippen molar-refractivity contribution in [2.75, 3.05) is 13.1 Å². The molecular formula is C21H23Cl2N3O2. The Hall–Kier alpha value is -2.24. The molecule has 3 rings (SSSR count). The van der Waals surface area contributed by atoms with E-state index in [1.807, 2.05) is 31.2 Å². The van der Waals surface area contributed by atoms with Crippen molar-refractivity contribution < 1.29 is 9.59 Å². The van der Waals surface area contributed by atoms with Crippen molar-refractivity contribution in [1.29, 1.82) is 0 Å². The van der Waals surface area contributed by atoms with E-state index in [9.17, 15) is 9.59 Å². The standard InChI is InChI=1S/C21H23Cl2N3O2/c1-14(16-7-8-18(22)19(23)13-16)24-21(28)26-11-9-17(10-12-26)25-20(27)15-5-3-2-4-6-15/h2-8,13-14,17H,9-12H2,1H3,(H,24,28)(H,25,27)/t14-/m1/s1. The Kier molecular flexibility index (Phi) is 6.81. The van der Waals surface area contributed by atoms with E-state index in [0.717, 1.165) is 18.4 Å². The van der Waals surface area contributed by atoms with Gasteiger partial charge in [0.05, 0.1) is 16.1 Å². The lowest BCUT2D eigenvalue weighted by Crippen LogP contribution is -2.49. The highest BCUT2D eigenvalue weighted by atomic mass is 35.5. The summed E-state index contributed by atoms with van der Waals surface area (Å²) in [5.74, 6) is -0.0725. The van der Waals surface area contributed by atoms with Gasteiger partial charge in [0.15, 0.2) is 0 Å². The lowest BCUT2D eigenvalue weighted by atomic mass is 10.0. The number of nitrogens with one attached hydrogen (secondary N) is 2. The van der Waals surface area contributed by atoms with E-state index in [-0.39, 0.29) is 24.0 Å². The molecule has 0 radical (unpaired) electrons. The van der Waals surface area contributed by atoms with Gasteiger partial charge < -0.3 is 15.5 Å². The quantitative estimate of drug-likeness (QED) is 0.756. The Morgan fingerprint density at radius 2 is 1.71 bits per heavy atom. The minimum absolute atomic E-state index is 0.0725. The van der Waals surface area contributed by atoms with Crippen molar-refractivity contribution in [2.45, 2.75) is 31.8 Å². The Bertz CT molecular complexity index is 837. The van der Waals surface area contributed by atoms with E-state index in [2.05, 4.69) is 10.6 Å². The first-order chi connectivity index (χ1) is 13.4. The summed E-state index contributed by atoms with van der Waals surface area (Å²) in [5.41, 5.74) is 1.55. The van der Waals surface area contributed by atoms with Crippen molar-refractivity contribution in [3.8, 4) is 0 Å². The molecule has 148 valence electrons. The minimum Gasteiger partial charge on any atom is -0.349 e. The smallest absolute Gasteiger partial charge is 0.317 e. The zero-order valence-corrected chi connectivity index (χ0v) is 17.1. The third kappa shape index (κ3) is 5.18. The molecule has 3 amide bonds. The summed E-state index contributed by atoms with van der Waals surface area (Å²) < 4.78 is 0. The van der Waals surface area contributed by atoms with Crippen LogP contribution in [0.3, 0.4) is 0 Å². The van der Waals surface area contributed by atoms with Crippen LogP contribution in [0.25, 0.3) is 0 Å². The molecule has 0 unspecified atom stereocenters. The molecule has 1 aliphatic rings. The molecule has 0 spiro atoms. The summed E-state index contributed by atoms with van der Waals surface area (Å²) in [7, 11) is 0. The van der Waals surface area contributed by atoms with Crippen LogP contribution in [0.2, 0.25) is 10.0 Å². The number of benzene rings is 2. The lowest BCUT2D eigenvalue weighted by Gasteiger charge is -2.33. The zero-order valence-electron chi connectivity index (χ0n) is 15.6. The van der Waals surface area contributed by atoms with Gasteiger partial charge in [0, 0.05) is 24.7 Å². The summed E-state index contributed by atoms with van der Waals surface area (Å²) in [5, 5.41) is 7.00. The average molecular weight is 420 g/mol. The van der Waals surface area contributed by atoms with Crippen LogP contribution in [-0.2, 0) is 0 Å². The van der Waals surface area contributed by atoms with Gasteiger partial charge >= 0.3 is 6.03 Å². The predicted octanol–water partition coefficient (Wildman–Crippen LogP) is 4.66. The lowest BCUT2D eigenvalue weighted by molar-refractivity contribution is 0.0917. The Labute approximate surface area is 175 Å². The van der Waals surface area contributed by atoms with Crippen LogP contribution in [-0.4, -0.2) is 36.0 Å². The maximum atomic E-state index is 12.6. The highest BCUT2D eigenvalue weighted by molar-refractivity contribution is 6.42. The highest BCUT2D eigenvalue weighted by Gasteiger charge is 2.25. The number of hydrogen-bond acceptors (Lipinski definition) is 2. The Morgan fingerprint density at radius 3 is 2.36 bits per heavy atom. The van der Waals surface area contributed by atoms with Crippen molar-refractivity contribution in [3.63, 3.8) is 0 Å². The molecule has 2 N–H and O–H groups in total. The number of hydrogen-bond donors (Lipinski definition) is 2. The van der Waals surface area contributed by atoms with Crippen LogP contribution in [0.1, 0.15) is 41.7 Å². The van der Waals surface area contributed by atoms with Crippen LogP contribution < -0.4 is 10.6 Å².